The third-order valence-corrected chi connectivity index (χ3v) is 5.33. The van der Waals surface area contributed by atoms with Crippen LogP contribution in [0.1, 0.15) is 35.2 Å². The highest BCUT2D eigenvalue weighted by Gasteiger charge is 2.30. The van der Waals surface area contributed by atoms with Gasteiger partial charge in [0, 0.05) is 0 Å². The normalized spacial score (nSPS) is 19.1. The number of hydrogen-bond donors (Lipinski definition) is 1. The van der Waals surface area contributed by atoms with Crippen LogP contribution in [0.15, 0.2) is 78.9 Å². The zero-order valence-electron chi connectivity index (χ0n) is 14.8. The van der Waals surface area contributed by atoms with Crippen LogP contribution in [0.2, 0.25) is 0 Å². The van der Waals surface area contributed by atoms with E-state index in [4.69, 9.17) is 4.98 Å². The van der Waals surface area contributed by atoms with Gasteiger partial charge in [-0.25, -0.2) is 4.98 Å². The molecule has 1 aliphatic rings. The highest BCUT2D eigenvalue weighted by Crippen LogP contribution is 2.40. The van der Waals surface area contributed by atoms with Gasteiger partial charge in [-0.1, -0.05) is 72.3 Å². The average Bonchev–Trinajstić information content (AvgIpc) is 3.07. The van der Waals surface area contributed by atoms with Gasteiger partial charge >= 0.3 is 0 Å². The maximum Gasteiger partial charge on any atom is 0.204 e. The van der Waals surface area contributed by atoms with E-state index in [1.807, 2.05) is 0 Å². The average molecular weight is 339 g/mol. The molecule has 2 heterocycles. The summed E-state index contributed by atoms with van der Waals surface area (Å²) in [5.74, 6) is 0.955. The number of rotatable bonds is 2. The Morgan fingerprint density at radius 1 is 0.846 bits per heavy atom. The van der Waals surface area contributed by atoms with Crippen molar-refractivity contribution in [3.05, 3.63) is 95.6 Å². The summed E-state index contributed by atoms with van der Waals surface area (Å²) in [7, 11) is 0. The first kappa shape index (κ1) is 15.2. The molecule has 4 aromatic rings. The van der Waals surface area contributed by atoms with Gasteiger partial charge in [-0.3, -0.25) is 0 Å². The largest absolute Gasteiger partial charge is 0.349 e. The number of aryl methyl sites for hydroxylation is 1. The molecule has 1 N–H and O–H groups in total. The van der Waals surface area contributed by atoms with Crippen LogP contribution in [-0.4, -0.2) is 9.55 Å². The molecule has 3 nitrogen and oxygen atoms in total. The van der Waals surface area contributed by atoms with Crippen molar-refractivity contribution in [1.29, 1.82) is 0 Å². The molecule has 26 heavy (non-hydrogen) atoms. The molecule has 5 rings (SSSR count). The van der Waals surface area contributed by atoms with E-state index < -0.39 is 0 Å². The smallest absolute Gasteiger partial charge is 0.204 e. The number of fused-ring (bicyclic) bond motifs is 3. The van der Waals surface area contributed by atoms with Crippen molar-refractivity contribution in [1.82, 2.24) is 9.55 Å². The third kappa shape index (κ3) is 2.48. The standard InChI is InChI=1S/C23H21N3/c1-16-11-13-18(14-12-16)22-15-20(17-7-3-2-4-8-17)25-23-24-19-9-5-6-10-21(19)26(22)23/h2-14,20,22H,15H2,1H3,(H,24,25). The lowest BCUT2D eigenvalue weighted by Crippen LogP contribution is -2.27. The number of hydrogen-bond acceptors (Lipinski definition) is 2. The fraction of sp³-hybridized carbons (Fsp3) is 0.174. The number of nitrogens with one attached hydrogen (secondary N) is 1. The number of nitrogens with zero attached hydrogens (tertiary/aromatic N) is 2. The lowest BCUT2D eigenvalue weighted by molar-refractivity contribution is 0.477. The van der Waals surface area contributed by atoms with Crippen LogP contribution in [0, 0.1) is 6.92 Å². The second kappa shape index (κ2) is 6.03. The Labute approximate surface area is 153 Å². The molecule has 128 valence electrons. The number of para-hydroxylation sites is 2. The summed E-state index contributed by atoms with van der Waals surface area (Å²) >= 11 is 0. The SMILES string of the molecule is Cc1ccc(C2CC(c3ccccc3)Nc3nc4ccccc4n32)cc1. The highest BCUT2D eigenvalue weighted by molar-refractivity contribution is 5.79. The Hall–Kier alpha value is -3.07. The van der Waals surface area contributed by atoms with Crippen molar-refractivity contribution in [2.24, 2.45) is 0 Å². The van der Waals surface area contributed by atoms with Crippen LogP contribution in [0.3, 0.4) is 0 Å². The van der Waals surface area contributed by atoms with Crippen LogP contribution < -0.4 is 5.32 Å². The van der Waals surface area contributed by atoms with Crippen molar-refractivity contribution >= 4 is 17.0 Å². The van der Waals surface area contributed by atoms with Gasteiger partial charge in [-0.2, -0.15) is 0 Å². The first-order chi connectivity index (χ1) is 12.8. The molecule has 0 spiro atoms. The van der Waals surface area contributed by atoms with Gasteiger partial charge in [-0.15, -0.1) is 0 Å². The van der Waals surface area contributed by atoms with Crippen molar-refractivity contribution in [2.45, 2.75) is 25.4 Å². The Balaban J connectivity index is 1.67. The monoisotopic (exact) mass is 339 g/mol. The van der Waals surface area contributed by atoms with Crippen LogP contribution in [-0.2, 0) is 0 Å². The highest BCUT2D eigenvalue weighted by atomic mass is 15.3. The van der Waals surface area contributed by atoms with E-state index in [-0.39, 0.29) is 12.1 Å². The van der Waals surface area contributed by atoms with Crippen LogP contribution >= 0.6 is 0 Å². The van der Waals surface area contributed by atoms with Crippen molar-refractivity contribution in [3.63, 3.8) is 0 Å². The molecule has 0 bridgehead atoms. The van der Waals surface area contributed by atoms with Gasteiger partial charge in [0.05, 0.1) is 23.1 Å². The summed E-state index contributed by atoms with van der Waals surface area (Å²) in [5.41, 5.74) is 6.16. The van der Waals surface area contributed by atoms with Gasteiger partial charge < -0.3 is 9.88 Å². The molecular weight excluding hydrogens is 318 g/mol. The maximum atomic E-state index is 4.87. The number of anilines is 1. The Morgan fingerprint density at radius 3 is 2.38 bits per heavy atom. The lowest BCUT2D eigenvalue weighted by Gasteiger charge is -2.33. The van der Waals surface area contributed by atoms with E-state index in [9.17, 15) is 0 Å². The zero-order valence-corrected chi connectivity index (χ0v) is 14.8. The predicted molar refractivity (Wildman–Crippen MR) is 106 cm³/mol. The van der Waals surface area contributed by atoms with Gasteiger partial charge in [-0.05, 0) is 36.6 Å². The number of benzene rings is 3. The van der Waals surface area contributed by atoms with Crippen molar-refractivity contribution < 1.29 is 0 Å². The van der Waals surface area contributed by atoms with E-state index in [1.165, 1.54) is 22.2 Å². The molecule has 2 unspecified atom stereocenters. The Kier molecular flexibility index (Phi) is 3.52. The molecule has 0 saturated carbocycles. The molecule has 0 aliphatic carbocycles. The van der Waals surface area contributed by atoms with Gasteiger partial charge in [0.25, 0.3) is 0 Å². The van der Waals surface area contributed by atoms with E-state index >= 15 is 0 Å². The second-order valence-electron chi connectivity index (χ2n) is 7.06. The van der Waals surface area contributed by atoms with E-state index in [0.29, 0.717) is 0 Å². The number of imidazole rings is 1. The third-order valence-electron chi connectivity index (χ3n) is 5.33. The summed E-state index contributed by atoms with van der Waals surface area (Å²) in [5, 5.41) is 3.67. The van der Waals surface area contributed by atoms with E-state index in [1.54, 1.807) is 0 Å². The fourth-order valence-corrected chi connectivity index (χ4v) is 3.98. The van der Waals surface area contributed by atoms with Crippen molar-refractivity contribution in [3.8, 4) is 0 Å². The summed E-state index contributed by atoms with van der Waals surface area (Å²) in [6, 6.07) is 28.5. The Morgan fingerprint density at radius 2 is 1.58 bits per heavy atom. The zero-order chi connectivity index (χ0) is 17.5. The van der Waals surface area contributed by atoms with E-state index in [2.05, 4.69) is 95.7 Å². The minimum absolute atomic E-state index is 0.256. The molecule has 3 heteroatoms. The topological polar surface area (TPSA) is 29.9 Å². The van der Waals surface area contributed by atoms with Gasteiger partial charge in [0.2, 0.25) is 5.95 Å². The molecule has 0 fully saturated rings. The molecule has 0 amide bonds. The van der Waals surface area contributed by atoms with Gasteiger partial charge in [0.15, 0.2) is 0 Å². The maximum absolute atomic E-state index is 4.87. The quantitative estimate of drug-likeness (QED) is 0.523. The molecule has 2 atom stereocenters. The van der Waals surface area contributed by atoms with E-state index in [0.717, 1.165) is 17.9 Å². The molecule has 3 aromatic carbocycles. The van der Waals surface area contributed by atoms with Crippen molar-refractivity contribution in [2.75, 3.05) is 5.32 Å². The molecule has 0 radical (unpaired) electrons. The minimum atomic E-state index is 0.256. The molecule has 1 aliphatic heterocycles. The second-order valence-corrected chi connectivity index (χ2v) is 7.06. The Bertz CT molecular complexity index is 1050. The summed E-state index contributed by atoms with van der Waals surface area (Å²) in [4.78, 5) is 4.87. The summed E-state index contributed by atoms with van der Waals surface area (Å²) < 4.78 is 2.36. The number of aromatic nitrogens is 2. The summed E-state index contributed by atoms with van der Waals surface area (Å²) in [6.07, 6.45) is 1.00. The predicted octanol–water partition coefficient (Wildman–Crippen LogP) is 5.49. The lowest BCUT2D eigenvalue weighted by atomic mass is 9.92. The summed E-state index contributed by atoms with van der Waals surface area (Å²) in [6.45, 7) is 2.14. The fourth-order valence-electron chi connectivity index (χ4n) is 3.98. The van der Waals surface area contributed by atoms with Crippen LogP contribution in [0.5, 0.6) is 0 Å². The van der Waals surface area contributed by atoms with Crippen LogP contribution in [0.25, 0.3) is 11.0 Å². The van der Waals surface area contributed by atoms with Crippen LogP contribution in [0.4, 0.5) is 5.95 Å². The van der Waals surface area contributed by atoms with Gasteiger partial charge in [0.1, 0.15) is 0 Å². The first-order valence-corrected chi connectivity index (χ1v) is 9.14. The first-order valence-electron chi connectivity index (χ1n) is 9.14. The molecule has 0 saturated heterocycles. The molecule has 1 aromatic heterocycles. The minimum Gasteiger partial charge on any atom is -0.349 e. The molecular formula is C23H21N3.